The SMILES string of the molecule is O=C1c2ccccc2C(=O)N1CCS(=O)(=O)NCc1cc[nH]c1. The highest BCUT2D eigenvalue weighted by atomic mass is 32.2. The first-order chi connectivity index (χ1) is 11.0. The predicted octanol–water partition coefficient (Wildman–Crippen LogP) is 0.730. The average Bonchev–Trinajstić information content (AvgIpc) is 3.13. The number of sulfonamides is 1. The van der Waals surface area contributed by atoms with Crippen LogP contribution in [0.25, 0.3) is 0 Å². The van der Waals surface area contributed by atoms with Gasteiger partial charge in [-0.05, 0) is 23.8 Å². The summed E-state index contributed by atoms with van der Waals surface area (Å²) >= 11 is 0. The number of aromatic amines is 1. The maximum absolute atomic E-state index is 12.2. The van der Waals surface area contributed by atoms with E-state index in [0.717, 1.165) is 10.5 Å². The number of H-pyrrole nitrogens is 1. The normalized spacial score (nSPS) is 14.3. The molecule has 1 aliphatic heterocycles. The van der Waals surface area contributed by atoms with Gasteiger partial charge in [0.1, 0.15) is 0 Å². The maximum Gasteiger partial charge on any atom is 0.261 e. The van der Waals surface area contributed by atoms with Crippen molar-refractivity contribution in [3.63, 3.8) is 0 Å². The Labute approximate surface area is 133 Å². The van der Waals surface area contributed by atoms with Gasteiger partial charge in [-0.1, -0.05) is 12.1 Å². The molecule has 0 unspecified atom stereocenters. The second-order valence-corrected chi connectivity index (χ2v) is 7.09. The predicted molar refractivity (Wildman–Crippen MR) is 83.2 cm³/mol. The highest BCUT2D eigenvalue weighted by Gasteiger charge is 2.35. The first kappa shape index (κ1) is 15.4. The number of carbonyl (C=O) groups excluding carboxylic acids is 2. The summed E-state index contributed by atoms with van der Waals surface area (Å²) in [6.07, 6.45) is 3.38. The molecule has 0 spiro atoms. The molecule has 2 aromatic rings. The fourth-order valence-corrected chi connectivity index (χ4v) is 3.34. The van der Waals surface area contributed by atoms with Crippen LogP contribution in [0.4, 0.5) is 0 Å². The molecule has 1 aromatic carbocycles. The van der Waals surface area contributed by atoms with Crippen molar-refractivity contribution in [2.45, 2.75) is 6.54 Å². The van der Waals surface area contributed by atoms with E-state index in [9.17, 15) is 18.0 Å². The van der Waals surface area contributed by atoms with Crippen molar-refractivity contribution >= 4 is 21.8 Å². The summed E-state index contributed by atoms with van der Waals surface area (Å²) in [7, 11) is -3.59. The largest absolute Gasteiger partial charge is 0.367 e. The van der Waals surface area contributed by atoms with Crippen molar-refractivity contribution in [2.24, 2.45) is 0 Å². The number of nitrogens with zero attached hydrogens (tertiary/aromatic N) is 1. The maximum atomic E-state index is 12.2. The van der Waals surface area contributed by atoms with Crippen molar-refractivity contribution in [1.29, 1.82) is 0 Å². The minimum Gasteiger partial charge on any atom is -0.367 e. The van der Waals surface area contributed by atoms with Crippen LogP contribution >= 0.6 is 0 Å². The molecule has 0 aliphatic carbocycles. The second-order valence-electron chi connectivity index (χ2n) is 5.17. The molecule has 0 bridgehead atoms. The number of amides is 2. The highest BCUT2D eigenvalue weighted by molar-refractivity contribution is 7.89. The van der Waals surface area contributed by atoms with Crippen LogP contribution < -0.4 is 4.72 Å². The number of carbonyl (C=O) groups is 2. The Bertz CT molecular complexity index is 808. The molecule has 120 valence electrons. The summed E-state index contributed by atoms with van der Waals surface area (Å²) in [5, 5.41) is 0. The van der Waals surface area contributed by atoms with E-state index in [1.54, 1.807) is 42.7 Å². The molecule has 2 amide bonds. The van der Waals surface area contributed by atoms with Crippen molar-refractivity contribution in [3.8, 4) is 0 Å². The van der Waals surface area contributed by atoms with Gasteiger partial charge in [0.05, 0.1) is 16.9 Å². The molecule has 3 rings (SSSR count). The Morgan fingerprint density at radius 1 is 1.04 bits per heavy atom. The third-order valence-electron chi connectivity index (χ3n) is 3.62. The Balaban J connectivity index is 1.62. The Kier molecular flexibility index (Phi) is 4.01. The number of hydrogen-bond donors (Lipinski definition) is 2. The molecule has 0 radical (unpaired) electrons. The fourth-order valence-electron chi connectivity index (χ4n) is 2.39. The van der Waals surface area contributed by atoms with Gasteiger partial charge in [0.15, 0.2) is 0 Å². The number of rotatable bonds is 6. The monoisotopic (exact) mass is 333 g/mol. The number of hydrogen-bond acceptors (Lipinski definition) is 4. The molecule has 1 aliphatic rings. The molecular weight excluding hydrogens is 318 g/mol. The summed E-state index contributed by atoms with van der Waals surface area (Å²) in [5.41, 5.74) is 1.43. The molecule has 7 nitrogen and oxygen atoms in total. The Morgan fingerprint density at radius 2 is 1.70 bits per heavy atom. The lowest BCUT2D eigenvalue weighted by Gasteiger charge is -2.14. The van der Waals surface area contributed by atoms with E-state index in [0.29, 0.717) is 11.1 Å². The molecule has 2 N–H and O–H groups in total. The lowest BCUT2D eigenvalue weighted by atomic mass is 10.1. The number of fused-ring (bicyclic) bond motifs is 1. The molecule has 0 fully saturated rings. The standard InChI is InChI=1S/C15H15N3O4S/c19-14-12-3-1-2-4-13(12)15(20)18(14)7-8-23(21,22)17-10-11-5-6-16-9-11/h1-6,9,16-17H,7-8,10H2. The zero-order valence-electron chi connectivity index (χ0n) is 12.2. The Morgan fingerprint density at radius 3 is 2.26 bits per heavy atom. The molecule has 1 aromatic heterocycles. The topological polar surface area (TPSA) is 99.3 Å². The Hall–Kier alpha value is -2.45. The molecule has 2 heterocycles. The van der Waals surface area contributed by atoms with E-state index in [2.05, 4.69) is 9.71 Å². The van der Waals surface area contributed by atoms with Crippen molar-refractivity contribution in [3.05, 3.63) is 59.4 Å². The van der Waals surface area contributed by atoms with Gasteiger partial charge in [0, 0.05) is 25.5 Å². The van der Waals surface area contributed by atoms with Crippen LogP contribution in [0.3, 0.4) is 0 Å². The molecule has 23 heavy (non-hydrogen) atoms. The summed E-state index contributed by atoms with van der Waals surface area (Å²) in [6.45, 7) is -0.0111. The van der Waals surface area contributed by atoms with Gasteiger partial charge in [-0.2, -0.15) is 0 Å². The van der Waals surface area contributed by atoms with Crippen LogP contribution in [0.5, 0.6) is 0 Å². The van der Waals surface area contributed by atoms with Gasteiger partial charge in [0.25, 0.3) is 11.8 Å². The zero-order valence-corrected chi connectivity index (χ0v) is 13.0. The van der Waals surface area contributed by atoms with Gasteiger partial charge >= 0.3 is 0 Å². The van der Waals surface area contributed by atoms with E-state index in [4.69, 9.17) is 0 Å². The number of nitrogens with one attached hydrogen (secondary N) is 2. The fraction of sp³-hybridized carbons (Fsp3) is 0.200. The van der Waals surface area contributed by atoms with Gasteiger partial charge in [-0.3, -0.25) is 14.5 Å². The second kappa shape index (κ2) is 5.98. The number of benzene rings is 1. The first-order valence-corrected chi connectivity index (χ1v) is 8.67. The lowest BCUT2D eigenvalue weighted by molar-refractivity contribution is 0.0664. The van der Waals surface area contributed by atoms with Crippen LogP contribution in [0, 0.1) is 0 Å². The third-order valence-corrected chi connectivity index (χ3v) is 4.92. The summed E-state index contributed by atoms with van der Waals surface area (Å²) < 4.78 is 26.4. The third kappa shape index (κ3) is 3.17. The van der Waals surface area contributed by atoms with Crippen LogP contribution in [0.1, 0.15) is 26.3 Å². The van der Waals surface area contributed by atoms with E-state index < -0.39 is 21.8 Å². The average molecular weight is 333 g/mol. The number of aromatic nitrogens is 1. The van der Waals surface area contributed by atoms with E-state index in [1.807, 2.05) is 0 Å². The quantitative estimate of drug-likeness (QED) is 0.761. The summed E-state index contributed by atoms with van der Waals surface area (Å²) in [4.78, 5) is 28.1. The van der Waals surface area contributed by atoms with Gasteiger partial charge < -0.3 is 4.98 Å². The smallest absolute Gasteiger partial charge is 0.261 e. The minimum absolute atomic E-state index is 0.161. The minimum atomic E-state index is -3.59. The van der Waals surface area contributed by atoms with Crippen molar-refractivity contribution < 1.29 is 18.0 Å². The molecule has 8 heteroatoms. The molecule has 0 saturated carbocycles. The van der Waals surface area contributed by atoms with Crippen LogP contribution in [-0.4, -0.2) is 42.4 Å². The molecule has 0 atom stereocenters. The lowest BCUT2D eigenvalue weighted by Crippen LogP contribution is -2.37. The zero-order chi connectivity index (χ0) is 16.4. The molecular formula is C15H15N3O4S. The molecule has 0 saturated heterocycles. The van der Waals surface area contributed by atoms with Crippen molar-refractivity contribution in [2.75, 3.05) is 12.3 Å². The van der Waals surface area contributed by atoms with Gasteiger partial charge in [0.2, 0.25) is 10.0 Å². The van der Waals surface area contributed by atoms with Crippen LogP contribution in [0.15, 0.2) is 42.7 Å². The van der Waals surface area contributed by atoms with E-state index in [-0.39, 0.29) is 18.8 Å². The summed E-state index contributed by atoms with van der Waals surface area (Å²) in [5.74, 6) is -1.24. The highest BCUT2D eigenvalue weighted by Crippen LogP contribution is 2.22. The van der Waals surface area contributed by atoms with Crippen molar-refractivity contribution in [1.82, 2.24) is 14.6 Å². The van der Waals surface area contributed by atoms with Crippen LogP contribution in [-0.2, 0) is 16.6 Å². The van der Waals surface area contributed by atoms with Gasteiger partial charge in [-0.25, -0.2) is 13.1 Å². The van der Waals surface area contributed by atoms with E-state index in [1.165, 1.54) is 0 Å². The number of imide groups is 1. The summed E-state index contributed by atoms with van der Waals surface area (Å²) in [6, 6.07) is 8.22. The first-order valence-electron chi connectivity index (χ1n) is 7.02. The van der Waals surface area contributed by atoms with E-state index >= 15 is 0 Å². The van der Waals surface area contributed by atoms with Gasteiger partial charge in [-0.15, -0.1) is 0 Å². The van der Waals surface area contributed by atoms with Crippen LogP contribution in [0.2, 0.25) is 0 Å².